The lowest BCUT2D eigenvalue weighted by molar-refractivity contribution is 0.979. The summed E-state index contributed by atoms with van der Waals surface area (Å²) in [5.41, 5.74) is 20.6. The molecule has 6 rings (SSSR count). The molecule has 4 nitrogen and oxygen atoms in total. The summed E-state index contributed by atoms with van der Waals surface area (Å²) in [6.45, 7) is 9.08. The first-order chi connectivity index (χ1) is 20.7. The van der Waals surface area contributed by atoms with Gasteiger partial charge in [-0.3, -0.25) is 0 Å². The Morgan fingerprint density at radius 3 is 2.26 bits per heavy atom. The Balaban J connectivity index is 1.40. The summed E-state index contributed by atoms with van der Waals surface area (Å²) >= 11 is 0. The van der Waals surface area contributed by atoms with Gasteiger partial charge in [-0.1, -0.05) is 97.6 Å². The first-order valence-corrected chi connectivity index (χ1v) is 14.5. The summed E-state index contributed by atoms with van der Waals surface area (Å²) in [5.74, 6) is 0. The maximum Gasteiger partial charge on any atom is 0.0618 e. The van der Waals surface area contributed by atoms with Crippen molar-refractivity contribution < 1.29 is 0 Å². The van der Waals surface area contributed by atoms with Crippen molar-refractivity contribution in [2.45, 2.75) is 20.3 Å². The van der Waals surface area contributed by atoms with E-state index in [2.05, 4.69) is 108 Å². The van der Waals surface area contributed by atoms with Crippen molar-refractivity contribution in [2.75, 3.05) is 22.3 Å². The van der Waals surface area contributed by atoms with Crippen LogP contribution in [0, 0.1) is 0 Å². The van der Waals surface area contributed by atoms with E-state index in [0.29, 0.717) is 0 Å². The zero-order chi connectivity index (χ0) is 29.1. The van der Waals surface area contributed by atoms with E-state index in [0.717, 1.165) is 35.5 Å². The molecule has 0 aliphatic carbocycles. The van der Waals surface area contributed by atoms with Crippen LogP contribution in [-0.2, 0) is 0 Å². The predicted molar refractivity (Wildman–Crippen MR) is 184 cm³/mol. The van der Waals surface area contributed by atoms with E-state index in [1.165, 1.54) is 49.3 Å². The van der Waals surface area contributed by atoms with E-state index in [1.54, 1.807) is 6.20 Å². The molecule has 5 aromatic carbocycles. The quantitative estimate of drug-likeness (QED) is 0.0975. The number of nitrogens with zero attached hydrogens (tertiary/aromatic N) is 1. The Labute approximate surface area is 247 Å². The van der Waals surface area contributed by atoms with Crippen LogP contribution < -0.4 is 21.5 Å². The maximum atomic E-state index is 5.78. The topological polar surface area (TPSA) is 53.3 Å². The lowest BCUT2D eigenvalue weighted by Gasteiger charge is -2.24. The molecule has 1 heterocycles. The van der Waals surface area contributed by atoms with E-state index < -0.39 is 0 Å². The fourth-order valence-electron chi connectivity index (χ4n) is 6.03. The molecule has 0 radical (unpaired) electrons. The number of para-hydroxylation sites is 1. The minimum Gasteiger partial charge on any atom is -0.404 e. The molecule has 1 aliphatic rings. The van der Waals surface area contributed by atoms with Crippen LogP contribution in [0.25, 0.3) is 38.4 Å². The zero-order valence-corrected chi connectivity index (χ0v) is 24.2. The molecule has 0 bridgehead atoms. The number of hydrogen-bond donors (Lipinski definition) is 3. The van der Waals surface area contributed by atoms with Gasteiger partial charge in [0.05, 0.1) is 11.4 Å². The molecule has 0 amide bonds. The van der Waals surface area contributed by atoms with Crippen molar-refractivity contribution in [1.29, 1.82) is 0 Å². The predicted octanol–water partition coefficient (Wildman–Crippen LogP) is 9.68. The third-order valence-corrected chi connectivity index (χ3v) is 8.03. The SMILES string of the molecule is C=CC1=C(/C=C\C)N(c2ccc3ccc4c(NNc5ccccc5\C=C/C(/C=C\C)=C/N)ccc5ccc2c3c54)CC1. The van der Waals surface area contributed by atoms with Crippen LogP contribution in [0.1, 0.15) is 25.8 Å². The van der Waals surface area contributed by atoms with Gasteiger partial charge in [-0.25, -0.2) is 0 Å². The molecule has 0 aromatic heterocycles. The molecule has 42 heavy (non-hydrogen) atoms. The Morgan fingerprint density at radius 2 is 1.50 bits per heavy atom. The number of benzene rings is 5. The van der Waals surface area contributed by atoms with Crippen molar-refractivity contribution in [3.8, 4) is 0 Å². The average molecular weight is 549 g/mol. The Kier molecular flexibility index (Phi) is 7.52. The Morgan fingerprint density at radius 1 is 0.786 bits per heavy atom. The number of allylic oxidation sites excluding steroid dienone is 7. The molecule has 5 aromatic rings. The highest BCUT2D eigenvalue weighted by atomic mass is 15.4. The molecule has 1 aliphatic heterocycles. The van der Waals surface area contributed by atoms with Gasteiger partial charge in [0.1, 0.15) is 0 Å². The number of hydrogen-bond acceptors (Lipinski definition) is 4. The first-order valence-electron chi connectivity index (χ1n) is 14.5. The highest BCUT2D eigenvalue weighted by Gasteiger charge is 2.23. The molecular formula is C38H36N4. The Bertz CT molecular complexity index is 1940. The second-order valence-corrected chi connectivity index (χ2v) is 10.5. The van der Waals surface area contributed by atoms with Crippen molar-refractivity contribution in [3.63, 3.8) is 0 Å². The van der Waals surface area contributed by atoms with Crippen LogP contribution >= 0.6 is 0 Å². The number of nitrogens with one attached hydrogen (secondary N) is 2. The van der Waals surface area contributed by atoms with Gasteiger partial charge < -0.3 is 21.5 Å². The van der Waals surface area contributed by atoms with Crippen molar-refractivity contribution in [3.05, 3.63) is 144 Å². The summed E-state index contributed by atoms with van der Waals surface area (Å²) in [6, 6.07) is 26.1. The van der Waals surface area contributed by atoms with Crippen LogP contribution in [0.15, 0.2) is 139 Å². The molecule has 0 spiro atoms. The van der Waals surface area contributed by atoms with Crippen LogP contribution in [0.2, 0.25) is 0 Å². The number of nitrogens with two attached hydrogens (primary N) is 1. The number of rotatable bonds is 9. The normalized spacial score (nSPS) is 14.6. The molecule has 208 valence electrons. The fraction of sp³-hybridized carbons (Fsp3) is 0.105. The fourth-order valence-corrected chi connectivity index (χ4v) is 6.03. The maximum absolute atomic E-state index is 5.78. The summed E-state index contributed by atoms with van der Waals surface area (Å²) < 4.78 is 0. The van der Waals surface area contributed by atoms with Crippen LogP contribution in [0.3, 0.4) is 0 Å². The van der Waals surface area contributed by atoms with E-state index in [-0.39, 0.29) is 0 Å². The highest BCUT2D eigenvalue weighted by molar-refractivity contribution is 6.27. The first kappa shape index (κ1) is 27.0. The molecule has 0 unspecified atom stereocenters. The highest BCUT2D eigenvalue weighted by Crippen LogP contribution is 2.43. The minimum absolute atomic E-state index is 0.951. The van der Waals surface area contributed by atoms with E-state index in [9.17, 15) is 0 Å². The number of hydrazine groups is 1. The smallest absolute Gasteiger partial charge is 0.0618 e. The zero-order valence-electron chi connectivity index (χ0n) is 24.2. The second-order valence-electron chi connectivity index (χ2n) is 10.5. The lowest BCUT2D eigenvalue weighted by atomic mass is 9.92. The standard InChI is InChI=1S/C38H36N4/c1-4-9-26(25-39)13-14-28-11-7-8-12-33(28)40-41-34-21-17-29-16-20-32-36(42-24-23-27(6-3)35(42)10-5-2)22-18-30-15-19-31(34)37(29)38(30)32/h4-22,25,40-41H,3,23-24,39H2,1-2H3/b9-4-,10-5-,14-13-,26-25+. The second kappa shape index (κ2) is 11.7. The van der Waals surface area contributed by atoms with Crippen molar-refractivity contribution >= 4 is 55.5 Å². The van der Waals surface area contributed by atoms with E-state index in [1.807, 2.05) is 43.4 Å². The minimum atomic E-state index is 0.951. The molecule has 4 N–H and O–H groups in total. The monoisotopic (exact) mass is 548 g/mol. The van der Waals surface area contributed by atoms with Gasteiger partial charge in [-0.05, 0) is 82.8 Å². The van der Waals surface area contributed by atoms with Gasteiger partial charge in [0.2, 0.25) is 0 Å². The van der Waals surface area contributed by atoms with E-state index in [4.69, 9.17) is 5.73 Å². The number of anilines is 3. The van der Waals surface area contributed by atoms with Gasteiger partial charge in [-0.15, -0.1) is 0 Å². The summed E-state index contributed by atoms with van der Waals surface area (Å²) in [7, 11) is 0. The van der Waals surface area contributed by atoms with Crippen LogP contribution in [-0.4, -0.2) is 6.54 Å². The van der Waals surface area contributed by atoms with Crippen LogP contribution in [0.5, 0.6) is 0 Å². The van der Waals surface area contributed by atoms with Gasteiger partial charge in [0.15, 0.2) is 0 Å². The molecule has 4 heteroatoms. The molecular weight excluding hydrogens is 512 g/mol. The van der Waals surface area contributed by atoms with Gasteiger partial charge >= 0.3 is 0 Å². The molecule has 0 atom stereocenters. The molecule has 0 fully saturated rings. The van der Waals surface area contributed by atoms with Crippen LogP contribution in [0.4, 0.5) is 17.1 Å². The third-order valence-electron chi connectivity index (χ3n) is 8.03. The van der Waals surface area contributed by atoms with E-state index >= 15 is 0 Å². The molecule has 0 saturated carbocycles. The summed E-state index contributed by atoms with van der Waals surface area (Å²) in [4.78, 5) is 2.44. The van der Waals surface area contributed by atoms with Gasteiger partial charge in [-0.2, -0.15) is 0 Å². The van der Waals surface area contributed by atoms with Gasteiger partial charge in [0, 0.05) is 34.9 Å². The average Bonchev–Trinajstić information content (AvgIpc) is 3.43. The largest absolute Gasteiger partial charge is 0.404 e. The summed E-state index contributed by atoms with van der Waals surface area (Å²) in [6.07, 6.45) is 17.0. The Hall–Kier alpha value is -5.22. The van der Waals surface area contributed by atoms with Crippen molar-refractivity contribution in [2.24, 2.45) is 5.73 Å². The van der Waals surface area contributed by atoms with Gasteiger partial charge in [0.25, 0.3) is 0 Å². The molecule has 0 saturated heterocycles. The lowest BCUT2D eigenvalue weighted by Crippen LogP contribution is -2.17. The summed E-state index contributed by atoms with van der Waals surface area (Å²) in [5, 5.41) is 7.50. The third kappa shape index (κ3) is 4.82. The van der Waals surface area contributed by atoms with Crippen molar-refractivity contribution in [1.82, 2.24) is 0 Å².